The van der Waals surface area contributed by atoms with Gasteiger partial charge in [-0.3, -0.25) is 0 Å². The number of nitrogens with one attached hydrogen (secondary N) is 1. The average Bonchev–Trinajstić information content (AvgIpc) is 2.72. The van der Waals surface area contributed by atoms with Crippen molar-refractivity contribution in [3.8, 4) is 0 Å². The lowest BCUT2D eigenvalue weighted by Gasteiger charge is -2.36. The molecule has 0 radical (unpaired) electrons. The van der Waals surface area contributed by atoms with Crippen LogP contribution in [0.2, 0.25) is 0 Å². The highest BCUT2D eigenvalue weighted by Gasteiger charge is 2.39. The number of sulfone groups is 1. The Morgan fingerprint density at radius 2 is 1.62 bits per heavy atom. The van der Waals surface area contributed by atoms with Crippen molar-refractivity contribution < 1.29 is 16.8 Å². The fourth-order valence-corrected chi connectivity index (χ4v) is 6.78. The Morgan fingerprint density at radius 3 is 2.10 bits per heavy atom. The second-order valence-corrected chi connectivity index (χ2v) is 10.6. The molecule has 0 aromatic carbocycles. The standard InChI is InChI=1S/C13H26N2O4S2/c1-3-6-15(21(18,19)8-7-20(2,16)17)13-9-11-4-5-12(10-13)14-11/h11-14H,3-10H2,1-2H3. The van der Waals surface area contributed by atoms with Gasteiger partial charge in [0.1, 0.15) is 9.84 Å². The van der Waals surface area contributed by atoms with Crippen LogP contribution in [0, 0.1) is 0 Å². The van der Waals surface area contributed by atoms with Gasteiger partial charge in [0, 0.05) is 30.9 Å². The molecule has 2 fully saturated rings. The zero-order valence-electron chi connectivity index (χ0n) is 12.8. The van der Waals surface area contributed by atoms with E-state index in [-0.39, 0.29) is 17.5 Å². The van der Waals surface area contributed by atoms with Crippen molar-refractivity contribution in [2.75, 3.05) is 24.3 Å². The van der Waals surface area contributed by atoms with Gasteiger partial charge in [-0.25, -0.2) is 16.8 Å². The van der Waals surface area contributed by atoms with E-state index in [9.17, 15) is 16.8 Å². The van der Waals surface area contributed by atoms with E-state index < -0.39 is 19.9 Å². The summed E-state index contributed by atoms with van der Waals surface area (Å²) < 4.78 is 49.2. The Morgan fingerprint density at radius 1 is 1.05 bits per heavy atom. The molecule has 21 heavy (non-hydrogen) atoms. The van der Waals surface area contributed by atoms with Gasteiger partial charge in [0.25, 0.3) is 0 Å². The first kappa shape index (κ1) is 17.2. The summed E-state index contributed by atoms with van der Waals surface area (Å²) in [5.41, 5.74) is 0. The van der Waals surface area contributed by atoms with E-state index in [4.69, 9.17) is 0 Å². The minimum absolute atomic E-state index is 0.0215. The first-order chi connectivity index (χ1) is 9.71. The predicted octanol–water partition coefficient (Wildman–Crippen LogP) is 0.356. The molecule has 2 unspecified atom stereocenters. The lowest BCUT2D eigenvalue weighted by Crippen LogP contribution is -2.51. The van der Waals surface area contributed by atoms with Crippen molar-refractivity contribution >= 4 is 19.9 Å². The third-order valence-electron chi connectivity index (χ3n) is 4.37. The fraction of sp³-hybridized carbons (Fsp3) is 1.00. The van der Waals surface area contributed by atoms with E-state index >= 15 is 0 Å². The van der Waals surface area contributed by atoms with Gasteiger partial charge in [-0.2, -0.15) is 4.31 Å². The smallest absolute Gasteiger partial charge is 0.215 e. The summed E-state index contributed by atoms with van der Waals surface area (Å²) in [5, 5.41) is 3.51. The number of piperidine rings is 1. The van der Waals surface area contributed by atoms with E-state index in [2.05, 4.69) is 5.32 Å². The summed E-state index contributed by atoms with van der Waals surface area (Å²) in [4.78, 5) is 0. The quantitative estimate of drug-likeness (QED) is 0.724. The highest BCUT2D eigenvalue weighted by molar-refractivity contribution is 7.93. The zero-order valence-corrected chi connectivity index (χ0v) is 14.4. The van der Waals surface area contributed by atoms with E-state index in [0.717, 1.165) is 38.4 Å². The van der Waals surface area contributed by atoms with E-state index in [0.29, 0.717) is 18.6 Å². The third-order valence-corrected chi connectivity index (χ3v) is 7.49. The minimum Gasteiger partial charge on any atom is -0.311 e. The van der Waals surface area contributed by atoms with E-state index in [1.807, 2.05) is 6.92 Å². The number of hydrogen-bond donors (Lipinski definition) is 1. The van der Waals surface area contributed by atoms with Crippen molar-refractivity contribution in [1.82, 2.24) is 9.62 Å². The second-order valence-electron chi connectivity index (χ2n) is 6.32. The molecule has 2 saturated heterocycles. The molecule has 124 valence electrons. The van der Waals surface area contributed by atoms with Gasteiger partial charge < -0.3 is 5.32 Å². The molecule has 2 rings (SSSR count). The molecule has 0 amide bonds. The van der Waals surface area contributed by atoms with Gasteiger partial charge in [-0.05, 0) is 32.1 Å². The highest BCUT2D eigenvalue weighted by Crippen LogP contribution is 2.31. The monoisotopic (exact) mass is 338 g/mol. The van der Waals surface area contributed by atoms with Crippen LogP contribution in [0.1, 0.15) is 39.0 Å². The molecule has 2 aliphatic heterocycles. The summed E-state index contributed by atoms with van der Waals surface area (Å²) in [6, 6.07) is 0.852. The Hall–Kier alpha value is -0.180. The molecule has 0 saturated carbocycles. The van der Waals surface area contributed by atoms with Crippen LogP contribution < -0.4 is 5.32 Å². The van der Waals surface area contributed by atoms with Gasteiger partial charge in [0.2, 0.25) is 10.0 Å². The molecule has 0 aliphatic carbocycles. The van der Waals surface area contributed by atoms with Crippen LogP contribution in [0.25, 0.3) is 0 Å². The molecular weight excluding hydrogens is 312 g/mol. The molecule has 8 heteroatoms. The Balaban J connectivity index is 2.10. The fourth-order valence-electron chi connectivity index (χ4n) is 3.41. The van der Waals surface area contributed by atoms with Crippen LogP contribution in [-0.2, 0) is 19.9 Å². The van der Waals surface area contributed by atoms with Crippen LogP contribution in [0.3, 0.4) is 0 Å². The van der Waals surface area contributed by atoms with Crippen molar-refractivity contribution in [3.63, 3.8) is 0 Å². The number of hydrogen-bond acceptors (Lipinski definition) is 5. The van der Waals surface area contributed by atoms with E-state index in [1.54, 1.807) is 4.31 Å². The molecule has 2 aliphatic rings. The zero-order chi connectivity index (χ0) is 15.7. The summed E-state index contributed by atoms with van der Waals surface area (Å²) in [5.74, 6) is -0.599. The Bertz CT molecular complexity index is 547. The average molecular weight is 338 g/mol. The van der Waals surface area contributed by atoms with Crippen molar-refractivity contribution in [2.24, 2.45) is 0 Å². The first-order valence-electron chi connectivity index (χ1n) is 7.64. The Kier molecular flexibility index (Phi) is 5.33. The van der Waals surface area contributed by atoms with Crippen molar-refractivity contribution in [1.29, 1.82) is 0 Å². The van der Waals surface area contributed by atoms with Crippen molar-refractivity contribution in [2.45, 2.75) is 57.2 Å². The first-order valence-corrected chi connectivity index (χ1v) is 11.3. The van der Waals surface area contributed by atoms with Crippen molar-refractivity contribution in [3.05, 3.63) is 0 Å². The highest BCUT2D eigenvalue weighted by atomic mass is 32.2. The van der Waals surface area contributed by atoms with Gasteiger partial charge in [0.15, 0.2) is 0 Å². The summed E-state index contributed by atoms with van der Waals surface area (Å²) in [6.07, 6.45) is 5.74. The lowest BCUT2D eigenvalue weighted by atomic mass is 10.00. The molecule has 0 aromatic rings. The third kappa shape index (κ3) is 4.64. The van der Waals surface area contributed by atoms with Gasteiger partial charge in [0.05, 0.1) is 11.5 Å². The van der Waals surface area contributed by atoms with Gasteiger partial charge in [-0.15, -0.1) is 0 Å². The Labute approximate surface area is 128 Å². The molecule has 2 atom stereocenters. The van der Waals surface area contributed by atoms with Crippen LogP contribution in [0.4, 0.5) is 0 Å². The van der Waals surface area contributed by atoms with Crippen LogP contribution in [0.5, 0.6) is 0 Å². The summed E-state index contributed by atoms with van der Waals surface area (Å²) in [6.45, 7) is 2.44. The SMILES string of the molecule is CCCN(C1CC2CCC(C1)N2)S(=O)(=O)CCS(C)(=O)=O. The van der Waals surface area contributed by atoms with E-state index in [1.165, 1.54) is 0 Å². The molecule has 0 spiro atoms. The topological polar surface area (TPSA) is 83.6 Å². The number of fused-ring (bicyclic) bond motifs is 2. The molecule has 1 N–H and O–H groups in total. The molecule has 2 bridgehead atoms. The summed E-state index contributed by atoms with van der Waals surface area (Å²) >= 11 is 0. The molecule has 6 nitrogen and oxygen atoms in total. The normalized spacial score (nSPS) is 30.0. The molecule has 2 heterocycles. The summed E-state index contributed by atoms with van der Waals surface area (Å²) in [7, 11) is -6.77. The largest absolute Gasteiger partial charge is 0.311 e. The predicted molar refractivity (Wildman–Crippen MR) is 83.5 cm³/mol. The maximum Gasteiger partial charge on any atom is 0.215 e. The van der Waals surface area contributed by atoms with Gasteiger partial charge >= 0.3 is 0 Å². The lowest BCUT2D eigenvalue weighted by molar-refractivity contribution is 0.226. The van der Waals surface area contributed by atoms with Crippen LogP contribution in [0.15, 0.2) is 0 Å². The minimum atomic E-state index is -3.51. The number of nitrogens with zero attached hydrogens (tertiary/aromatic N) is 1. The molecule has 0 aromatic heterocycles. The van der Waals surface area contributed by atoms with Crippen LogP contribution >= 0.6 is 0 Å². The number of rotatable bonds is 7. The second kappa shape index (κ2) is 6.52. The van der Waals surface area contributed by atoms with Gasteiger partial charge in [-0.1, -0.05) is 6.92 Å². The molecular formula is C13H26N2O4S2. The van der Waals surface area contributed by atoms with Crippen LogP contribution in [-0.4, -0.2) is 63.6 Å². The maximum absolute atomic E-state index is 12.5. The maximum atomic E-state index is 12.5. The number of sulfonamides is 1.